The van der Waals surface area contributed by atoms with Crippen LogP contribution in [0, 0.1) is 0 Å². The van der Waals surface area contributed by atoms with Gasteiger partial charge in [-0.2, -0.15) is 0 Å². The van der Waals surface area contributed by atoms with Crippen molar-refractivity contribution in [1.29, 1.82) is 0 Å². The van der Waals surface area contributed by atoms with E-state index >= 15 is 0 Å². The lowest BCUT2D eigenvalue weighted by Crippen LogP contribution is -3.15. The van der Waals surface area contributed by atoms with E-state index in [1.54, 1.807) is 12.0 Å². The van der Waals surface area contributed by atoms with Crippen molar-refractivity contribution in [2.24, 2.45) is 0 Å². The average molecular weight is 373 g/mol. The van der Waals surface area contributed by atoms with E-state index in [9.17, 15) is 0 Å². The van der Waals surface area contributed by atoms with Crippen LogP contribution in [0.5, 0.6) is 11.5 Å². The van der Waals surface area contributed by atoms with E-state index in [2.05, 4.69) is 10.2 Å². The summed E-state index contributed by atoms with van der Waals surface area (Å²) < 4.78 is 11.0. The van der Waals surface area contributed by atoms with Gasteiger partial charge in [0.2, 0.25) is 0 Å². The highest BCUT2D eigenvalue weighted by Gasteiger charge is 2.21. The van der Waals surface area contributed by atoms with Crippen LogP contribution >= 0.6 is 12.2 Å². The summed E-state index contributed by atoms with van der Waals surface area (Å²) in [6.07, 6.45) is 0. The van der Waals surface area contributed by atoms with Gasteiger partial charge < -0.3 is 24.6 Å². The third-order valence-electron chi connectivity index (χ3n) is 4.57. The normalized spacial score (nSPS) is 14.7. The number of ether oxygens (including phenoxy) is 2. The summed E-state index contributed by atoms with van der Waals surface area (Å²) in [7, 11) is 1.67. The molecule has 1 fully saturated rings. The van der Waals surface area contributed by atoms with Crippen LogP contribution in [0.2, 0.25) is 0 Å². The van der Waals surface area contributed by atoms with Crippen molar-refractivity contribution in [3.05, 3.63) is 54.6 Å². The molecule has 6 heteroatoms. The summed E-state index contributed by atoms with van der Waals surface area (Å²) in [6.45, 7) is 5.83. The van der Waals surface area contributed by atoms with Crippen LogP contribution in [-0.4, -0.2) is 56.5 Å². The van der Waals surface area contributed by atoms with Crippen molar-refractivity contribution >= 4 is 23.0 Å². The molecule has 2 aromatic carbocycles. The monoisotopic (exact) mass is 372 g/mol. The van der Waals surface area contributed by atoms with Gasteiger partial charge in [0.25, 0.3) is 0 Å². The summed E-state index contributed by atoms with van der Waals surface area (Å²) in [4.78, 5) is 3.80. The first-order valence-corrected chi connectivity index (χ1v) is 9.37. The predicted molar refractivity (Wildman–Crippen MR) is 108 cm³/mol. The largest absolute Gasteiger partial charge is 0.497 e. The molecule has 0 atom stereocenters. The fraction of sp³-hybridized carbons (Fsp3) is 0.350. The number of quaternary nitrogens is 1. The van der Waals surface area contributed by atoms with Gasteiger partial charge in [-0.1, -0.05) is 18.2 Å². The molecular weight excluding hydrogens is 346 g/mol. The molecule has 0 aliphatic carbocycles. The first-order chi connectivity index (χ1) is 12.7. The number of anilines is 1. The van der Waals surface area contributed by atoms with Gasteiger partial charge in [-0.3, -0.25) is 0 Å². The fourth-order valence-electron chi connectivity index (χ4n) is 2.98. The predicted octanol–water partition coefficient (Wildman–Crippen LogP) is 1.67. The van der Waals surface area contributed by atoms with Gasteiger partial charge in [-0.15, -0.1) is 0 Å². The van der Waals surface area contributed by atoms with E-state index < -0.39 is 0 Å². The van der Waals surface area contributed by atoms with E-state index in [0.29, 0.717) is 0 Å². The zero-order chi connectivity index (χ0) is 18.2. The van der Waals surface area contributed by atoms with Crippen molar-refractivity contribution in [1.82, 2.24) is 4.90 Å². The van der Waals surface area contributed by atoms with Gasteiger partial charge in [0, 0.05) is 5.69 Å². The molecule has 26 heavy (non-hydrogen) atoms. The van der Waals surface area contributed by atoms with Crippen LogP contribution in [0.15, 0.2) is 54.6 Å². The lowest BCUT2D eigenvalue weighted by Gasteiger charge is -2.33. The highest BCUT2D eigenvalue weighted by Crippen LogP contribution is 2.15. The molecule has 5 nitrogen and oxygen atoms in total. The second-order valence-electron chi connectivity index (χ2n) is 6.31. The second kappa shape index (κ2) is 9.40. The highest BCUT2D eigenvalue weighted by atomic mass is 32.1. The number of nitrogens with one attached hydrogen (secondary N) is 2. The molecule has 0 bridgehead atoms. The molecule has 0 aromatic heterocycles. The Kier molecular flexibility index (Phi) is 6.68. The summed E-state index contributed by atoms with van der Waals surface area (Å²) in [6, 6.07) is 17.8. The van der Waals surface area contributed by atoms with Crippen LogP contribution in [0.25, 0.3) is 0 Å². The molecule has 2 aromatic rings. The van der Waals surface area contributed by atoms with Crippen LogP contribution in [-0.2, 0) is 0 Å². The molecule has 1 aliphatic heterocycles. The van der Waals surface area contributed by atoms with Gasteiger partial charge in [0.05, 0.1) is 33.3 Å². The number of methoxy groups -OCH3 is 1. The SMILES string of the molecule is COc1ccc(NC(=S)N2CC[NH+](CCOc3ccccc3)CC2)cc1. The van der Waals surface area contributed by atoms with Crippen LogP contribution in [0.3, 0.4) is 0 Å². The molecule has 1 heterocycles. The molecular formula is C20H26N3O2S+. The molecule has 1 aliphatic rings. The Hall–Kier alpha value is -2.31. The third-order valence-corrected chi connectivity index (χ3v) is 4.93. The Balaban J connectivity index is 1.37. The fourth-order valence-corrected chi connectivity index (χ4v) is 3.28. The second-order valence-corrected chi connectivity index (χ2v) is 6.69. The molecule has 0 spiro atoms. The number of hydrogen-bond donors (Lipinski definition) is 2. The van der Waals surface area contributed by atoms with Crippen molar-refractivity contribution in [3.8, 4) is 11.5 Å². The van der Waals surface area contributed by atoms with E-state index in [1.807, 2.05) is 54.6 Å². The maximum absolute atomic E-state index is 5.80. The molecule has 0 saturated carbocycles. The molecule has 0 radical (unpaired) electrons. The highest BCUT2D eigenvalue weighted by molar-refractivity contribution is 7.80. The maximum Gasteiger partial charge on any atom is 0.173 e. The van der Waals surface area contributed by atoms with Crippen molar-refractivity contribution < 1.29 is 14.4 Å². The number of piperazine rings is 1. The van der Waals surface area contributed by atoms with Gasteiger partial charge in [-0.25, -0.2) is 0 Å². The van der Waals surface area contributed by atoms with E-state index in [-0.39, 0.29) is 0 Å². The maximum atomic E-state index is 5.80. The van der Waals surface area contributed by atoms with E-state index in [0.717, 1.165) is 61.6 Å². The Morgan fingerprint density at radius 2 is 1.73 bits per heavy atom. The summed E-state index contributed by atoms with van der Waals surface area (Å²) >= 11 is 5.56. The first-order valence-electron chi connectivity index (χ1n) is 8.96. The topological polar surface area (TPSA) is 38.2 Å². The molecule has 2 N–H and O–H groups in total. The van der Waals surface area contributed by atoms with Crippen molar-refractivity contribution in [3.63, 3.8) is 0 Å². The molecule has 3 rings (SSSR count). The van der Waals surface area contributed by atoms with Crippen LogP contribution in [0.1, 0.15) is 0 Å². The zero-order valence-corrected chi connectivity index (χ0v) is 15.9. The smallest absolute Gasteiger partial charge is 0.173 e. The summed E-state index contributed by atoms with van der Waals surface area (Å²) in [5.74, 6) is 1.78. The Morgan fingerprint density at radius 1 is 1.04 bits per heavy atom. The minimum absolute atomic E-state index is 0.744. The van der Waals surface area contributed by atoms with E-state index in [1.165, 1.54) is 0 Å². The lowest BCUT2D eigenvalue weighted by molar-refractivity contribution is -0.903. The zero-order valence-electron chi connectivity index (χ0n) is 15.1. The van der Waals surface area contributed by atoms with Gasteiger partial charge >= 0.3 is 0 Å². The minimum Gasteiger partial charge on any atom is -0.497 e. The summed E-state index contributed by atoms with van der Waals surface area (Å²) in [5.41, 5.74) is 0.988. The number of para-hydroxylation sites is 1. The third kappa shape index (κ3) is 5.34. The van der Waals surface area contributed by atoms with Gasteiger partial charge in [0.1, 0.15) is 24.7 Å². The molecule has 138 valence electrons. The van der Waals surface area contributed by atoms with Crippen molar-refractivity contribution in [2.75, 3.05) is 51.8 Å². The quantitative estimate of drug-likeness (QED) is 0.755. The first kappa shape index (κ1) is 18.5. The lowest BCUT2D eigenvalue weighted by atomic mass is 10.3. The summed E-state index contributed by atoms with van der Waals surface area (Å²) in [5, 5.41) is 4.10. The Bertz CT molecular complexity index is 686. The molecule has 1 saturated heterocycles. The van der Waals surface area contributed by atoms with Gasteiger partial charge in [-0.05, 0) is 48.6 Å². The average Bonchev–Trinajstić information content (AvgIpc) is 2.70. The molecule has 0 amide bonds. The van der Waals surface area contributed by atoms with E-state index in [4.69, 9.17) is 21.7 Å². The van der Waals surface area contributed by atoms with Crippen LogP contribution < -0.4 is 19.7 Å². The van der Waals surface area contributed by atoms with Crippen molar-refractivity contribution in [2.45, 2.75) is 0 Å². The van der Waals surface area contributed by atoms with Crippen LogP contribution in [0.4, 0.5) is 5.69 Å². The standard InChI is InChI=1S/C20H25N3O2S/c1-24-18-9-7-17(8-10-18)21-20(26)23-13-11-22(12-14-23)15-16-25-19-5-3-2-4-6-19/h2-10H,11-16H2,1H3,(H,21,26)/p+1. The minimum atomic E-state index is 0.744. The number of rotatable bonds is 6. The molecule has 0 unspecified atom stereocenters. The number of nitrogens with zero attached hydrogens (tertiary/aromatic N) is 1. The van der Waals surface area contributed by atoms with Gasteiger partial charge in [0.15, 0.2) is 5.11 Å². The Morgan fingerprint density at radius 3 is 2.38 bits per heavy atom. The number of hydrogen-bond acceptors (Lipinski definition) is 3. The number of benzene rings is 2. The number of thiocarbonyl (C=S) groups is 1. The Labute approximate surface area is 160 Å².